The largest absolute Gasteiger partial charge is 0.461 e. The van der Waals surface area contributed by atoms with E-state index in [1.165, 1.54) is 4.88 Å². The van der Waals surface area contributed by atoms with E-state index < -0.39 is 0 Å². The zero-order valence-electron chi connectivity index (χ0n) is 14.9. The smallest absolute Gasteiger partial charge is 0.355 e. The summed E-state index contributed by atoms with van der Waals surface area (Å²) in [6.07, 6.45) is 5.56. The number of H-pyrrole nitrogens is 1. The SMILES string of the molecule is CCCCCCOC(=O)c1[nH]c2c(c1C)C(=O)CC(c1cccs1)C2. The molecular weight excluding hydrogens is 334 g/mol. The minimum atomic E-state index is -0.344. The molecule has 0 saturated heterocycles. The van der Waals surface area contributed by atoms with Gasteiger partial charge < -0.3 is 9.72 Å². The summed E-state index contributed by atoms with van der Waals surface area (Å²) in [5.74, 6) is -0.0183. The van der Waals surface area contributed by atoms with Crippen LogP contribution in [0.5, 0.6) is 0 Å². The molecule has 1 atom stereocenters. The van der Waals surface area contributed by atoms with Gasteiger partial charge in [0.25, 0.3) is 0 Å². The van der Waals surface area contributed by atoms with Crippen LogP contribution in [0.3, 0.4) is 0 Å². The lowest BCUT2D eigenvalue weighted by molar-refractivity contribution is 0.0490. The number of thiophene rings is 1. The number of rotatable bonds is 7. The van der Waals surface area contributed by atoms with Gasteiger partial charge in [0.15, 0.2) is 5.78 Å². The molecule has 4 nitrogen and oxygen atoms in total. The fourth-order valence-corrected chi connectivity index (χ4v) is 4.36. The highest BCUT2D eigenvalue weighted by molar-refractivity contribution is 7.10. The number of aromatic nitrogens is 1. The fraction of sp³-hybridized carbons (Fsp3) is 0.500. The summed E-state index contributed by atoms with van der Waals surface area (Å²) >= 11 is 1.68. The molecule has 2 aromatic rings. The molecule has 5 heteroatoms. The molecule has 2 heterocycles. The Bertz CT molecular complexity index is 745. The monoisotopic (exact) mass is 359 g/mol. The zero-order chi connectivity index (χ0) is 17.8. The number of fused-ring (bicyclic) bond motifs is 1. The highest BCUT2D eigenvalue weighted by Crippen LogP contribution is 2.36. The highest BCUT2D eigenvalue weighted by atomic mass is 32.1. The number of esters is 1. The summed E-state index contributed by atoms with van der Waals surface area (Å²) in [5, 5.41) is 2.04. The lowest BCUT2D eigenvalue weighted by atomic mass is 9.84. The van der Waals surface area contributed by atoms with Crippen molar-refractivity contribution in [1.29, 1.82) is 0 Å². The summed E-state index contributed by atoms with van der Waals surface area (Å²) in [6, 6.07) is 4.09. The number of nitrogens with one attached hydrogen (secondary N) is 1. The third kappa shape index (κ3) is 3.87. The Morgan fingerprint density at radius 1 is 1.32 bits per heavy atom. The van der Waals surface area contributed by atoms with Crippen molar-refractivity contribution in [1.82, 2.24) is 4.98 Å². The second-order valence-electron chi connectivity index (χ2n) is 6.72. The van der Waals surface area contributed by atoms with Crippen molar-refractivity contribution < 1.29 is 14.3 Å². The highest BCUT2D eigenvalue weighted by Gasteiger charge is 2.32. The average Bonchev–Trinajstić information content (AvgIpc) is 3.23. The van der Waals surface area contributed by atoms with Gasteiger partial charge in [-0.1, -0.05) is 32.3 Å². The van der Waals surface area contributed by atoms with Crippen LogP contribution in [0.2, 0.25) is 0 Å². The van der Waals surface area contributed by atoms with Gasteiger partial charge in [0.2, 0.25) is 0 Å². The maximum absolute atomic E-state index is 12.6. The molecule has 1 unspecified atom stereocenters. The van der Waals surface area contributed by atoms with Gasteiger partial charge in [0, 0.05) is 28.5 Å². The Morgan fingerprint density at radius 2 is 2.16 bits per heavy atom. The molecular formula is C20H25NO3S. The predicted molar refractivity (Wildman–Crippen MR) is 99.7 cm³/mol. The quantitative estimate of drug-likeness (QED) is 0.557. The van der Waals surface area contributed by atoms with Gasteiger partial charge in [-0.15, -0.1) is 11.3 Å². The van der Waals surface area contributed by atoms with Crippen LogP contribution in [0.1, 0.15) is 81.9 Å². The minimum Gasteiger partial charge on any atom is -0.461 e. The first-order valence-corrected chi connectivity index (χ1v) is 9.95. The first-order valence-electron chi connectivity index (χ1n) is 9.07. The van der Waals surface area contributed by atoms with Crippen molar-refractivity contribution in [2.24, 2.45) is 0 Å². The second-order valence-corrected chi connectivity index (χ2v) is 7.70. The maximum Gasteiger partial charge on any atom is 0.355 e. The lowest BCUT2D eigenvalue weighted by Gasteiger charge is -2.20. The third-order valence-electron chi connectivity index (χ3n) is 4.87. The van der Waals surface area contributed by atoms with E-state index in [0.717, 1.165) is 43.4 Å². The van der Waals surface area contributed by atoms with Gasteiger partial charge in [-0.3, -0.25) is 4.79 Å². The molecule has 1 N–H and O–H groups in total. The minimum absolute atomic E-state index is 0.121. The van der Waals surface area contributed by atoms with E-state index in [9.17, 15) is 9.59 Å². The number of hydrogen-bond acceptors (Lipinski definition) is 4. The molecule has 0 radical (unpaired) electrons. The maximum atomic E-state index is 12.6. The average molecular weight is 359 g/mol. The first-order chi connectivity index (χ1) is 12.1. The van der Waals surface area contributed by atoms with Crippen molar-refractivity contribution in [3.63, 3.8) is 0 Å². The molecule has 0 aromatic carbocycles. The number of Topliss-reactive ketones (excluding diaryl/α,β-unsaturated/α-hetero) is 1. The van der Waals surface area contributed by atoms with Crippen LogP contribution in [0.4, 0.5) is 0 Å². The Kier molecular flexibility index (Phi) is 5.74. The topological polar surface area (TPSA) is 59.2 Å². The normalized spacial score (nSPS) is 16.7. The van der Waals surface area contributed by atoms with Crippen molar-refractivity contribution in [3.8, 4) is 0 Å². The molecule has 0 aliphatic heterocycles. The molecule has 25 heavy (non-hydrogen) atoms. The van der Waals surface area contributed by atoms with E-state index >= 15 is 0 Å². The van der Waals surface area contributed by atoms with E-state index in [0.29, 0.717) is 24.3 Å². The number of ketones is 1. The number of hydrogen-bond donors (Lipinski definition) is 1. The van der Waals surface area contributed by atoms with Crippen LogP contribution in [0.15, 0.2) is 17.5 Å². The molecule has 1 aliphatic rings. The summed E-state index contributed by atoms with van der Waals surface area (Å²) in [6.45, 7) is 4.43. The Morgan fingerprint density at radius 3 is 2.88 bits per heavy atom. The summed E-state index contributed by atoms with van der Waals surface area (Å²) < 4.78 is 5.39. The molecule has 0 spiro atoms. The van der Waals surface area contributed by atoms with Gasteiger partial charge in [-0.05, 0) is 36.8 Å². The van der Waals surface area contributed by atoms with Crippen LogP contribution < -0.4 is 0 Å². The number of ether oxygens (including phenoxy) is 1. The number of aromatic amines is 1. The summed E-state index contributed by atoms with van der Waals surface area (Å²) in [5.41, 5.74) is 2.76. The second kappa shape index (κ2) is 8.00. The molecule has 134 valence electrons. The number of carbonyl (C=O) groups is 2. The molecule has 2 aromatic heterocycles. The van der Waals surface area contributed by atoms with Crippen molar-refractivity contribution in [3.05, 3.63) is 44.9 Å². The molecule has 0 saturated carbocycles. The fourth-order valence-electron chi connectivity index (χ4n) is 3.53. The van der Waals surface area contributed by atoms with Gasteiger partial charge in [-0.2, -0.15) is 0 Å². The van der Waals surface area contributed by atoms with Crippen LogP contribution in [-0.2, 0) is 11.2 Å². The Hall–Kier alpha value is -1.88. The van der Waals surface area contributed by atoms with Crippen LogP contribution in [-0.4, -0.2) is 23.3 Å². The summed E-state index contributed by atoms with van der Waals surface area (Å²) in [7, 11) is 0. The van der Waals surface area contributed by atoms with Gasteiger partial charge in [0.1, 0.15) is 5.69 Å². The van der Waals surface area contributed by atoms with E-state index in [1.54, 1.807) is 11.3 Å². The predicted octanol–water partition coefficient (Wildman–Crippen LogP) is 5.03. The van der Waals surface area contributed by atoms with E-state index in [1.807, 2.05) is 18.4 Å². The van der Waals surface area contributed by atoms with Crippen molar-refractivity contribution >= 4 is 23.1 Å². The van der Waals surface area contributed by atoms with Crippen molar-refractivity contribution in [2.75, 3.05) is 6.61 Å². The van der Waals surface area contributed by atoms with E-state index in [-0.39, 0.29) is 17.7 Å². The standard InChI is InChI=1S/C20H25NO3S/c1-3-4-5-6-9-24-20(23)19-13(2)18-15(21-19)11-14(12-16(18)22)17-8-7-10-25-17/h7-8,10,14,21H,3-6,9,11-12H2,1-2H3. The Balaban J connectivity index is 1.71. The van der Waals surface area contributed by atoms with Crippen molar-refractivity contribution in [2.45, 2.75) is 58.3 Å². The third-order valence-corrected chi connectivity index (χ3v) is 5.90. The zero-order valence-corrected chi connectivity index (χ0v) is 15.7. The van der Waals surface area contributed by atoms with Gasteiger partial charge in [0.05, 0.1) is 6.61 Å². The number of unbranched alkanes of at least 4 members (excludes halogenated alkanes) is 3. The number of carbonyl (C=O) groups excluding carboxylic acids is 2. The van der Waals surface area contributed by atoms with Crippen LogP contribution in [0, 0.1) is 6.92 Å². The summed E-state index contributed by atoms with van der Waals surface area (Å²) in [4.78, 5) is 29.4. The van der Waals surface area contributed by atoms with Gasteiger partial charge >= 0.3 is 5.97 Å². The van der Waals surface area contributed by atoms with E-state index in [2.05, 4.69) is 18.0 Å². The molecule has 1 aliphatic carbocycles. The van der Waals surface area contributed by atoms with Crippen LogP contribution >= 0.6 is 11.3 Å². The first kappa shape index (κ1) is 17.9. The molecule has 0 bridgehead atoms. The lowest BCUT2D eigenvalue weighted by Crippen LogP contribution is -2.17. The van der Waals surface area contributed by atoms with E-state index in [4.69, 9.17) is 4.74 Å². The van der Waals surface area contributed by atoms with Crippen LogP contribution in [0.25, 0.3) is 0 Å². The molecule has 0 amide bonds. The molecule has 0 fully saturated rings. The molecule has 3 rings (SSSR count). The van der Waals surface area contributed by atoms with Gasteiger partial charge in [-0.25, -0.2) is 4.79 Å². The Labute approximate surface area is 152 Å².